The third kappa shape index (κ3) is 2.89. The van der Waals surface area contributed by atoms with Crippen LogP contribution in [0.25, 0.3) is 16.6 Å². The molecule has 3 saturated heterocycles. The Balaban J connectivity index is 1.26. The number of benzene rings is 2. The summed E-state index contributed by atoms with van der Waals surface area (Å²) in [7, 11) is 0. The molecule has 0 N–H and O–H groups in total. The van der Waals surface area contributed by atoms with Crippen LogP contribution in [-0.2, 0) is 4.79 Å². The molecule has 4 heterocycles. The molecule has 0 aliphatic carbocycles. The Morgan fingerprint density at radius 1 is 0.969 bits per heavy atom. The van der Waals surface area contributed by atoms with E-state index in [-0.39, 0.29) is 24.3 Å². The number of halogens is 1. The van der Waals surface area contributed by atoms with E-state index in [1.54, 1.807) is 38.9 Å². The number of nitrogens with zero attached hydrogens (tertiary/aromatic N) is 5. The fourth-order valence-electron chi connectivity index (χ4n) is 5.60. The van der Waals surface area contributed by atoms with Gasteiger partial charge in [0, 0.05) is 30.6 Å². The van der Waals surface area contributed by atoms with Crippen LogP contribution in [0, 0.1) is 5.82 Å². The Labute approximate surface area is 185 Å². The summed E-state index contributed by atoms with van der Waals surface area (Å²) >= 11 is 0. The zero-order valence-corrected chi connectivity index (χ0v) is 17.7. The van der Waals surface area contributed by atoms with E-state index in [0.29, 0.717) is 30.9 Å². The zero-order valence-electron chi connectivity index (χ0n) is 17.7. The molecule has 6 rings (SSSR count). The molecule has 3 aromatic rings. The molecule has 8 heteroatoms. The van der Waals surface area contributed by atoms with Gasteiger partial charge in [-0.25, -0.2) is 13.9 Å². The summed E-state index contributed by atoms with van der Waals surface area (Å²) in [5, 5.41) is 5.16. The van der Waals surface area contributed by atoms with Crippen molar-refractivity contribution in [2.24, 2.45) is 0 Å². The van der Waals surface area contributed by atoms with Gasteiger partial charge in [0.2, 0.25) is 5.91 Å². The summed E-state index contributed by atoms with van der Waals surface area (Å²) in [6.07, 6.45) is 6.02. The van der Waals surface area contributed by atoms with Crippen LogP contribution in [-0.4, -0.2) is 63.2 Å². The summed E-state index contributed by atoms with van der Waals surface area (Å²) in [5.74, 6) is -0.295. The summed E-state index contributed by atoms with van der Waals surface area (Å²) in [6, 6.07) is 12.6. The molecular formula is C24H24FN5O2. The first-order valence-electron chi connectivity index (χ1n) is 11.2. The van der Waals surface area contributed by atoms with Crippen molar-refractivity contribution in [3.63, 3.8) is 0 Å². The monoisotopic (exact) mass is 433 g/mol. The first-order chi connectivity index (χ1) is 15.6. The van der Waals surface area contributed by atoms with Gasteiger partial charge in [-0.3, -0.25) is 9.69 Å². The lowest BCUT2D eigenvalue weighted by atomic mass is 10.0. The van der Waals surface area contributed by atoms with Gasteiger partial charge in [-0.2, -0.15) is 5.10 Å². The molecule has 164 valence electrons. The first kappa shape index (κ1) is 19.3. The minimum absolute atomic E-state index is 0.0655. The topological polar surface area (TPSA) is 61.7 Å². The highest BCUT2D eigenvalue weighted by atomic mass is 19.1. The molecule has 0 unspecified atom stereocenters. The Morgan fingerprint density at radius 3 is 2.44 bits per heavy atom. The van der Waals surface area contributed by atoms with Gasteiger partial charge in [-0.05, 0) is 49.9 Å². The lowest BCUT2D eigenvalue weighted by molar-refractivity contribution is -0.132. The molecule has 0 saturated carbocycles. The van der Waals surface area contributed by atoms with Crippen LogP contribution in [0.5, 0.6) is 0 Å². The standard InChI is InChI=1S/C24H24FN5O2/c25-19-4-1-2-5-22(19)30-21-7-3-6-20(18(21)14-26-30)28-13-12-27(24(28)32)15-23(31)29-16-8-9-17(29)11-10-16/h1-7,14,16-17H,8-13,15H2/t16-,17-. The molecule has 0 spiro atoms. The average Bonchev–Trinajstić information content (AvgIpc) is 3.58. The number of para-hydroxylation sites is 1. The maximum atomic E-state index is 14.3. The van der Waals surface area contributed by atoms with Gasteiger partial charge in [0.05, 0.1) is 17.4 Å². The van der Waals surface area contributed by atoms with Gasteiger partial charge in [-0.15, -0.1) is 0 Å². The van der Waals surface area contributed by atoms with Crippen LogP contribution < -0.4 is 4.90 Å². The average molecular weight is 433 g/mol. The molecule has 2 aromatic carbocycles. The van der Waals surface area contributed by atoms with Crippen LogP contribution in [0.2, 0.25) is 0 Å². The second-order valence-electron chi connectivity index (χ2n) is 8.84. The Hall–Kier alpha value is -3.42. The van der Waals surface area contributed by atoms with E-state index in [1.807, 2.05) is 23.1 Å². The number of hydrogen-bond donors (Lipinski definition) is 0. The normalized spacial score (nSPS) is 22.5. The van der Waals surface area contributed by atoms with Crippen molar-refractivity contribution in [2.75, 3.05) is 24.5 Å². The van der Waals surface area contributed by atoms with Crippen LogP contribution >= 0.6 is 0 Å². The number of anilines is 1. The van der Waals surface area contributed by atoms with Crippen LogP contribution in [0.3, 0.4) is 0 Å². The molecule has 7 nitrogen and oxygen atoms in total. The molecule has 3 fully saturated rings. The van der Waals surface area contributed by atoms with Crippen molar-refractivity contribution in [2.45, 2.75) is 37.8 Å². The van der Waals surface area contributed by atoms with Gasteiger partial charge < -0.3 is 9.80 Å². The summed E-state index contributed by atoms with van der Waals surface area (Å²) < 4.78 is 15.9. The second kappa shape index (κ2) is 7.32. The van der Waals surface area contributed by atoms with Crippen LogP contribution in [0.1, 0.15) is 25.7 Å². The fourth-order valence-corrected chi connectivity index (χ4v) is 5.60. The Kier molecular flexibility index (Phi) is 4.41. The maximum absolute atomic E-state index is 14.3. The van der Waals surface area contributed by atoms with E-state index in [4.69, 9.17) is 0 Å². The predicted molar refractivity (Wildman–Crippen MR) is 118 cm³/mol. The molecule has 1 aromatic heterocycles. The minimum Gasteiger partial charge on any atom is -0.335 e. The summed E-state index contributed by atoms with van der Waals surface area (Å²) in [6.45, 7) is 1.14. The SMILES string of the molecule is O=C1N(CC(=O)N2[C@H]3CC[C@H]2CC3)CCN1c1cccc2c1cnn2-c1ccccc1F. The van der Waals surface area contributed by atoms with Crippen molar-refractivity contribution in [3.05, 3.63) is 54.5 Å². The Morgan fingerprint density at radius 2 is 1.69 bits per heavy atom. The van der Waals surface area contributed by atoms with Crippen molar-refractivity contribution in [1.29, 1.82) is 0 Å². The number of urea groups is 1. The van der Waals surface area contributed by atoms with E-state index in [2.05, 4.69) is 5.10 Å². The molecular weight excluding hydrogens is 409 g/mol. The third-order valence-corrected chi connectivity index (χ3v) is 7.12. The van der Waals surface area contributed by atoms with Crippen molar-refractivity contribution in [1.82, 2.24) is 19.6 Å². The number of carbonyl (C=O) groups excluding carboxylic acids is 2. The number of amides is 3. The third-order valence-electron chi connectivity index (χ3n) is 7.12. The van der Waals surface area contributed by atoms with E-state index < -0.39 is 0 Å². The number of hydrogen-bond acceptors (Lipinski definition) is 3. The van der Waals surface area contributed by atoms with Gasteiger partial charge in [0.25, 0.3) is 0 Å². The molecule has 0 atom stereocenters. The van der Waals surface area contributed by atoms with Crippen LogP contribution in [0.15, 0.2) is 48.7 Å². The number of aromatic nitrogens is 2. The van der Waals surface area contributed by atoms with Gasteiger partial charge in [0.15, 0.2) is 0 Å². The highest BCUT2D eigenvalue weighted by Crippen LogP contribution is 2.37. The highest BCUT2D eigenvalue weighted by Gasteiger charge is 2.43. The summed E-state index contributed by atoms with van der Waals surface area (Å²) in [4.78, 5) is 31.5. The predicted octanol–water partition coefficient (Wildman–Crippen LogP) is 3.56. The molecule has 0 radical (unpaired) electrons. The zero-order chi connectivity index (χ0) is 21.8. The lowest BCUT2D eigenvalue weighted by Crippen LogP contribution is -2.44. The number of fused-ring (bicyclic) bond motifs is 3. The second-order valence-corrected chi connectivity index (χ2v) is 8.84. The van der Waals surface area contributed by atoms with Gasteiger partial charge in [0.1, 0.15) is 18.0 Å². The maximum Gasteiger partial charge on any atom is 0.325 e. The molecule has 3 amide bonds. The molecule has 32 heavy (non-hydrogen) atoms. The van der Waals surface area contributed by atoms with E-state index in [0.717, 1.165) is 42.3 Å². The van der Waals surface area contributed by atoms with Crippen molar-refractivity contribution in [3.8, 4) is 5.69 Å². The Bertz CT molecular complexity index is 1200. The van der Waals surface area contributed by atoms with Gasteiger partial charge >= 0.3 is 6.03 Å². The first-order valence-corrected chi connectivity index (χ1v) is 11.2. The van der Waals surface area contributed by atoms with Crippen molar-refractivity contribution >= 4 is 28.5 Å². The molecule has 3 aliphatic heterocycles. The quantitative estimate of drug-likeness (QED) is 0.632. The van der Waals surface area contributed by atoms with E-state index >= 15 is 0 Å². The minimum atomic E-state index is -0.360. The summed E-state index contributed by atoms with van der Waals surface area (Å²) in [5.41, 5.74) is 1.81. The van der Waals surface area contributed by atoms with E-state index in [1.165, 1.54) is 6.07 Å². The van der Waals surface area contributed by atoms with Crippen molar-refractivity contribution < 1.29 is 14.0 Å². The number of carbonyl (C=O) groups is 2. The van der Waals surface area contributed by atoms with Crippen LogP contribution in [0.4, 0.5) is 14.9 Å². The lowest BCUT2D eigenvalue weighted by Gasteiger charge is -2.25. The van der Waals surface area contributed by atoms with Gasteiger partial charge in [-0.1, -0.05) is 18.2 Å². The smallest absolute Gasteiger partial charge is 0.325 e. The molecule has 3 aliphatic rings. The number of rotatable bonds is 4. The van der Waals surface area contributed by atoms with E-state index in [9.17, 15) is 14.0 Å². The largest absolute Gasteiger partial charge is 0.335 e. The fraction of sp³-hybridized carbons (Fsp3) is 0.375. The molecule has 2 bridgehead atoms. The highest BCUT2D eigenvalue weighted by molar-refractivity contribution is 6.04.